The maximum atomic E-state index is 12.2. The van der Waals surface area contributed by atoms with E-state index in [2.05, 4.69) is 6.08 Å². The highest BCUT2D eigenvalue weighted by Crippen LogP contribution is 2.28. The first kappa shape index (κ1) is 22.2. The van der Waals surface area contributed by atoms with Crippen LogP contribution in [0.3, 0.4) is 0 Å². The van der Waals surface area contributed by atoms with Gasteiger partial charge in [-0.05, 0) is 30.5 Å². The average Bonchev–Trinajstić information content (AvgIpc) is 2.77. The molecule has 0 radical (unpaired) electrons. The first-order valence-electron chi connectivity index (χ1n) is 9.37. The monoisotopic (exact) mass is 397 g/mol. The number of benzene rings is 2. The van der Waals surface area contributed by atoms with Crippen molar-refractivity contribution in [2.75, 3.05) is 32.3 Å². The molecule has 2 aromatic rings. The molecule has 0 heterocycles. The SMILES string of the molecule is COC(=O)CN(C(=O)OC)c1ccccc1/C(C)=C/CCOCc1ccccc1. The van der Waals surface area contributed by atoms with Crippen LogP contribution >= 0.6 is 0 Å². The third kappa shape index (κ3) is 6.76. The Kier molecular flexibility index (Phi) is 8.92. The lowest BCUT2D eigenvalue weighted by Gasteiger charge is -2.23. The van der Waals surface area contributed by atoms with Crippen LogP contribution in [0.4, 0.5) is 10.5 Å². The fraction of sp³-hybridized carbons (Fsp3) is 0.304. The molecule has 29 heavy (non-hydrogen) atoms. The summed E-state index contributed by atoms with van der Waals surface area (Å²) in [5.74, 6) is -0.527. The van der Waals surface area contributed by atoms with Crippen LogP contribution in [0, 0.1) is 0 Å². The molecule has 2 rings (SSSR count). The summed E-state index contributed by atoms with van der Waals surface area (Å²) in [6.07, 6.45) is 2.15. The predicted octanol–water partition coefficient (Wildman–Crippen LogP) is 4.44. The summed E-state index contributed by atoms with van der Waals surface area (Å²) >= 11 is 0. The van der Waals surface area contributed by atoms with Crippen molar-refractivity contribution in [1.82, 2.24) is 0 Å². The van der Waals surface area contributed by atoms with Gasteiger partial charge < -0.3 is 14.2 Å². The van der Waals surface area contributed by atoms with Gasteiger partial charge in [0.15, 0.2) is 0 Å². The lowest BCUT2D eigenvalue weighted by atomic mass is 10.0. The Morgan fingerprint density at radius 1 is 0.966 bits per heavy atom. The van der Waals surface area contributed by atoms with Gasteiger partial charge in [-0.3, -0.25) is 9.69 Å². The number of nitrogens with zero attached hydrogens (tertiary/aromatic N) is 1. The Balaban J connectivity index is 2.07. The minimum atomic E-state index is -0.623. The minimum Gasteiger partial charge on any atom is -0.468 e. The Morgan fingerprint density at radius 2 is 1.66 bits per heavy atom. The normalized spacial score (nSPS) is 11.1. The average molecular weight is 397 g/mol. The third-order valence-electron chi connectivity index (χ3n) is 4.35. The largest absolute Gasteiger partial charge is 0.468 e. The van der Waals surface area contributed by atoms with E-state index in [0.717, 1.165) is 23.1 Å². The molecular weight excluding hydrogens is 370 g/mol. The second kappa shape index (κ2) is 11.7. The van der Waals surface area contributed by atoms with Gasteiger partial charge in [0, 0.05) is 5.56 Å². The molecule has 6 nitrogen and oxygen atoms in total. The number of carbonyl (C=O) groups excluding carboxylic acids is 2. The van der Waals surface area contributed by atoms with Crippen LogP contribution < -0.4 is 4.90 Å². The molecule has 154 valence electrons. The van der Waals surface area contributed by atoms with E-state index in [1.165, 1.54) is 19.1 Å². The van der Waals surface area contributed by atoms with Gasteiger partial charge in [-0.25, -0.2) is 4.79 Å². The molecule has 0 fully saturated rings. The van der Waals surface area contributed by atoms with Crippen LogP contribution in [-0.4, -0.2) is 39.4 Å². The molecule has 0 aliphatic rings. The summed E-state index contributed by atoms with van der Waals surface area (Å²) in [5, 5.41) is 0. The fourth-order valence-electron chi connectivity index (χ4n) is 2.83. The molecular formula is C23H27NO5. The molecule has 0 bridgehead atoms. The number of hydrogen-bond donors (Lipinski definition) is 0. The Labute approximate surface area is 171 Å². The number of methoxy groups -OCH3 is 2. The van der Waals surface area contributed by atoms with Crippen molar-refractivity contribution >= 4 is 23.3 Å². The van der Waals surface area contributed by atoms with Crippen LogP contribution in [0.5, 0.6) is 0 Å². The van der Waals surface area contributed by atoms with Crippen molar-refractivity contribution in [1.29, 1.82) is 0 Å². The van der Waals surface area contributed by atoms with Crippen molar-refractivity contribution in [3.8, 4) is 0 Å². The topological polar surface area (TPSA) is 65.1 Å². The summed E-state index contributed by atoms with van der Waals surface area (Å²) in [5.41, 5.74) is 3.53. The van der Waals surface area contributed by atoms with Crippen LogP contribution in [0.1, 0.15) is 24.5 Å². The highest BCUT2D eigenvalue weighted by Gasteiger charge is 2.22. The number of carbonyl (C=O) groups is 2. The number of ether oxygens (including phenoxy) is 3. The molecule has 0 N–H and O–H groups in total. The fourth-order valence-corrected chi connectivity index (χ4v) is 2.83. The predicted molar refractivity (Wildman–Crippen MR) is 113 cm³/mol. The number of amides is 1. The van der Waals surface area contributed by atoms with Crippen molar-refractivity contribution < 1.29 is 23.8 Å². The molecule has 0 saturated carbocycles. The van der Waals surface area contributed by atoms with E-state index in [0.29, 0.717) is 18.9 Å². The number of rotatable bonds is 9. The van der Waals surface area contributed by atoms with Gasteiger partial charge >= 0.3 is 12.1 Å². The van der Waals surface area contributed by atoms with Crippen LogP contribution in [0.2, 0.25) is 0 Å². The highest BCUT2D eigenvalue weighted by atomic mass is 16.5. The number of hydrogen-bond acceptors (Lipinski definition) is 5. The van der Waals surface area contributed by atoms with E-state index < -0.39 is 12.1 Å². The molecule has 6 heteroatoms. The van der Waals surface area contributed by atoms with E-state index in [1.54, 1.807) is 6.07 Å². The van der Waals surface area contributed by atoms with Crippen molar-refractivity contribution in [3.05, 3.63) is 71.8 Å². The highest BCUT2D eigenvalue weighted by molar-refractivity contribution is 5.96. The zero-order chi connectivity index (χ0) is 21.1. The lowest BCUT2D eigenvalue weighted by Crippen LogP contribution is -2.36. The number of anilines is 1. The molecule has 0 atom stereocenters. The van der Waals surface area contributed by atoms with Crippen LogP contribution in [0.15, 0.2) is 60.7 Å². The minimum absolute atomic E-state index is 0.229. The van der Waals surface area contributed by atoms with Gasteiger partial charge in [0.05, 0.1) is 33.1 Å². The maximum absolute atomic E-state index is 12.2. The number of esters is 1. The Hall–Kier alpha value is -3.12. The van der Waals surface area contributed by atoms with Gasteiger partial charge in [0.1, 0.15) is 6.54 Å². The molecule has 0 saturated heterocycles. The van der Waals surface area contributed by atoms with Gasteiger partial charge in [-0.15, -0.1) is 0 Å². The molecule has 0 aliphatic carbocycles. The van der Waals surface area contributed by atoms with Crippen molar-refractivity contribution in [3.63, 3.8) is 0 Å². The van der Waals surface area contributed by atoms with E-state index in [-0.39, 0.29) is 6.54 Å². The zero-order valence-corrected chi connectivity index (χ0v) is 17.1. The van der Waals surface area contributed by atoms with Gasteiger partial charge in [-0.1, -0.05) is 54.6 Å². The molecule has 0 unspecified atom stereocenters. The van der Waals surface area contributed by atoms with E-state index >= 15 is 0 Å². The first-order chi connectivity index (χ1) is 14.1. The van der Waals surface area contributed by atoms with E-state index in [9.17, 15) is 9.59 Å². The summed E-state index contributed by atoms with van der Waals surface area (Å²) in [4.78, 5) is 25.3. The Morgan fingerprint density at radius 3 is 2.34 bits per heavy atom. The van der Waals surface area contributed by atoms with Gasteiger partial charge in [-0.2, -0.15) is 0 Å². The smallest absolute Gasteiger partial charge is 0.414 e. The van der Waals surface area contributed by atoms with Crippen LogP contribution in [-0.2, 0) is 25.6 Å². The lowest BCUT2D eigenvalue weighted by molar-refractivity contribution is -0.138. The second-order valence-electron chi connectivity index (χ2n) is 6.36. The van der Waals surface area contributed by atoms with Gasteiger partial charge in [0.2, 0.25) is 0 Å². The van der Waals surface area contributed by atoms with E-state index in [4.69, 9.17) is 14.2 Å². The molecule has 2 aromatic carbocycles. The number of para-hydroxylation sites is 1. The Bertz CT molecular complexity index is 832. The third-order valence-corrected chi connectivity index (χ3v) is 4.35. The summed E-state index contributed by atoms with van der Waals surface area (Å²) in [7, 11) is 2.56. The van der Waals surface area contributed by atoms with Crippen LogP contribution in [0.25, 0.3) is 5.57 Å². The van der Waals surface area contributed by atoms with E-state index in [1.807, 2.05) is 55.5 Å². The second-order valence-corrected chi connectivity index (χ2v) is 6.36. The molecule has 0 spiro atoms. The molecule has 1 amide bonds. The van der Waals surface area contributed by atoms with Gasteiger partial charge in [0.25, 0.3) is 0 Å². The standard InChI is InChI=1S/C23H27NO5/c1-18(10-9-15-29-17-19-11-5-4-6-12-19)20-13-7-8-14-21(20)24(23(26)28-3)16-22(25)27-2/h4-8,10-14H,9,15-17H2,1-3H3/b18-10+. The summed E-state index contributed by atoms with van der Waals surface area (Å²) < 4.78 is 15.3. The quantitative estimate of drug-likeness (QED) is 0.462. The van der Waals surface area contributed by atoms with Crippen molar-refractivity contribution in [2.24, 2.45) is 0 Å². The molecule has 0 aliphatic heterocycles. The zero-order valence-electron chi connectivity index (χ0n) is 17.1. The number of allylic oxidation sites excluding steroid dienone is 1. The summed E-state index contributed by atoms with van der Waals surface area (Å²) in [6.45, 7) is 2.88. The first-order valence-corrected chi connectivity index (χ1v) is 9.37. The summed E-state index contributed by atoms with van der Waals surface area (Å²) in [6, 6.07) is 17.4. The van der Waals surface area contributed by atoms with Crippen molar-refractivity contribution in [2.45, 2.75) is 20.0 Å². The maximum Gasteiger partial charge on any atom is 0.414 e. The molecule has 0 aromatic heterocycles.